The van der Waals surface area contributed by atoms with E-state index >= 15 is 0 Å². The number of azo groups is 1. The van der Waals surface area contributed by atoms with Crippen LogP contribution in [0.1, 0.15) is 10.5 Å². The maximum atomic E-state index is 12.6. The molecule has 0 radical (unpaired) electrons. The van der Waals surface area contributed by atoms with Gasteiger partial charge >= 0.3 is 5.91 Å². The molecule has 0 aliphatic rings. The van der Waals surface area contributed by atoms with Crippen molar-refractivity contribution in [2.24, 2.45) is 17.3 Å². The third-order valence-corrected chi connectivity index (χ3v) is 4.36. The number of benzene rings is 2. The molecule has 0 bridgehead atoms. The molecule has 0 unspecified atom stereocenters. The quantitative estimate of drug-likeness (QED) is 0.531. The van der Waals surface area contributed by atoms with Crippen LogP contribution in [0.5, 0.6) is 11.6 Å². The van der Waals surface area contributed by atoms with Crippen LogP contribution in [-0.4, -0.2) is 32.9 Å². The Morgan fingerprint density at radius 3 is 2.68 bits per heavy atom. The van der Waals surface area contributed by atoms with E-state index in [1.54, 1.807) is 42.5 Å². The van der Waals surface area contributed by atoms with Crippen LogP contribution in [0, 0.1) is 0 Å². The van der Waals surface area contributed by atoms with Gasteiger partial charge in [-0.3, -0.25) is 9.59 Å². The van der Waals surface area contributed by atoms with Crippen molar-refractivity contribution in [1.82, 2.24) is 14.8 Å². The second-order valence-electron chi connectivity index (χ2n) is 6.06. The van der Waals surface area contributed by atoms with Gasteiger partial charge in [-0.05, 0) is 24.3 Å². The first-order valence-corrected chi connectivity index (χ1v) is 8.30. The first-order valence-electron chi connectivity index (χ1n) is 8.30. The van der Waals surface area contributed by atoms with Crippen molar-refractivity contribution in [3.05, 3.63) is 58.5 Å². The van der Waals surface area contributed by atoms with Gasteiger partial charge in [0.05, 0.1) is 18.0 Å². The number of fused-ring (bicyclic) bond motifs is 2. The number of aromatic amines is 1. The lowest BCUT2D eigenvalue weighted by Gasteiger charge is -2.04. The lowest BCUT2D eigenvalue weighted by atomic mass is 10.1. The van der Waals surface area contributed by atoms with Gasteiger partial charge in [0.1, 0.15) is 5.75 Å². The maximum Gasteiger partial charge on any atom is 0.316 e. The molecule has 28 heavy (non-hydrogen) atoms. The molecule has 2 heterocycles. The second kappa shape index (κ2) is 6.62. The monoisotopic (exact) mass is 377 g/mol. The molecule has 0 fully saturated rings. The minimum atomic E-state index is -0.733. The predicted molar refractivity (Wildman–Crippen MR) is 102 cm³/mol. The Bertz CT molecular complexity index is 1320. The van der Waals surface area contributed by atoms with Crippen molar-refractivity contribution >= 4 is 33.3 Å². The molecule has 9 heteroatoms. The third kappa shape index (κ3) is 2.78. The van der Waals surface area contributed by atoms with Crippen LogP contribution in [0.2, 0.25) is 0 Å². The number of hydrogen-bond acceptors (Lipinski definition) is 6. The van der Waals surface area contributed by atoms with Gasteiger partial charge < -0.3 is 14.8 Å². The Morgan fingerprint density at radius 1 is 1.18 bits per heavy atom. The number of methoxy groups -OCH3 is 1. The molecular formula is C19H15N5O4. The fraction of sp³-hybridized carbons (Fsp3) is 0.105. The number of hydrogen-bond donors (Lipinski definition) is 2. The lowest BCUT2D eigenvalue weighted by molar-refractivity contribution is 0.0990. The van der Waals surface area contributed by atoms with E-state index in [0.717, 1.165) is 4.68 Å². The van der Waals surface area contributed by atoms with Gasteiger partial charge in [0.2, 0.25) is 5.88 Å². The number of rotatable bonds is 3. The summed E-state index contributed by atoms with van der Waals surface area (Å²) in [5, 5.41) is 23.1. The Labute approximate surface area is 157 Å². The number of aromatic hydroxyl groups is 1. The molecule has 0 aliphatic heterocycles. The highest BCUT2D eigenvalue weighted by Gasteiger charge is 2.17. The number of H-pyrrole nitrogens is 1. The van der Waals surface area contributed by atoms with Crippen molar-refractivity contribution in [2.75, 3.05) is 7.11 Å². The van der Waals surface area contributed by atoms with Crippen molar-refractivity contribution in [1.29, 1.82) is 0 Å². The highest BCUT2D eigenvalue weighted by Crippen LogP contribution is 2.37. The SMILES string of the molecule is COc1ccc2[nH]c(O)c(N=NC(=O)c3nn(C)c(=O)c4ccccc34)c2c1. The fourth-order valence-corrected chi connectivity index (χ4v) is 2.97. The third-order valence-electron chi connectivity index (χ3n) is 4.36. The minimum absolute atomic E-state index is 0.00152. The van der Waals surface area contributed by atoms with Gasteiger partial charge in [-0.2, -0.15) is 5.10 Å². The van der Waals surface area contributed by atoms with Crippen molar-refractivity contribution in [3.8, 4) is 11.6 Å². The summed E-state index contributed by atoms with van der Waals surface area (Å²) < 4.78 is 6.26. The minimum Gasteiger partial charge on any atom is -0.497 e. The number of nitrogens with one attached hydrogen (secondary N) is 1. The van der Waals surface area contributed by atoms with Crippen molar-refractivity contribution < 1.29 is 14.6 Å². The smallest absolute Gasteiger partial charge is 0.316 e. The molecule has 0 spiro atoms. The van der Waals surface area contributed by atoms with Gasteiger partial charge in [-0.25, -0.2) is 4.68 Å². The molecular weight excluding hydrogens is 362 g/mol. The summed E-state index contributed by atoms with van der Waals surface area (Å²) in [5.41, 5.74) is 0.408. The Hall–Kier alpha value is -4.01. The van der Waals surface area contributed by atoms with Gasteiger partial charge in [-0.1, -0.05) is 18.2 Å². The number of aryl methyl sites for hydroxylation is 1. The molecule has 0 saturated heterocycles. The van der Waals surface area contributed by atoms with Crippen molar-refractivity contribution in [3.63, 3.8) is 0 Å². The van der Waals surface area contributed by atoms with E-state index in [-0.39, 0.29) is 22.8 Å². The summed E-state index contributed by atoms with van der Waals surface area (Å²) in [7, 11) is 2.98. The number of ether oxygens (including phenoxy) is 1. The molecule has 2 N–H and O–H groups in total. The van der Waals surface area contributed by atoms with Gasteiger partial charge in [0, 0.05) is 17.8 Å². The molecule has 9 nitrogen and oxygen atoms in total. The highest BCUT2D eigenvalue weighted by molar-refractivity contribution is 6.05. The summed E-state index contributed by atoms with van der Waals surface area (Å²) in [5.74, 6) is -0.387. The van der Waals surface area contributed by atoms with Gasteiger partial charge in [0.15, 0.2) is 11.4 Å². The fourth-order valence-electron chi connectivity index (χ4n) is 2.97. The molecule has 140 valence electrons. The van der Waals surface area contributed by atoms with Crippen molar-refractivity contribution in [2.45, 2.75) is 0 Å². The molecule has 2 aromatic carbocycles. The summed E-state index contributed by atoms with van der Waals surface area (Å²) in [6, 6.07) is 11.8. The van der Waals surface area contributed by atoms with E-state index in [9.17, 15) is 14.7 Å². The van der Waals surface area contributed by atoms with Crippen LogP contribution in [-0.2, 0) is 7.05 Å². The van der Waals surface area contributed by atoms with E-state index in [0.29, 0.717) is 27.4 Å². The Morgan fingerprint density at radius 2 is 1.93 bits per heavy atom. The summed E-state index contributed by atoms with van der Waals surface area (Å²) in [6.45, 7) is 0. The van der Waals surface area contributed by atoms with Crippen LogP contribution in [0.3, 0.4) is 0 Å². The largest absolute Gasteiger partial charge is 0.497 e. The normalized spacial score (nSPS) is 11.5. The van der Waals surface area contributed by atoms with Gasteiger partial charge in [0.25, 0.3) is 5.56 Å². The van der Waals surface area contributed by atoms with E-state index in [4.69, 9.17) is 4.74 Å². The highest BCUT2D eigenvalue weighted by atomic mass is 16.5. The standard InChI is InChI=1S/C19H15N5O4/c1-24-19(27)12-6-4-3-5-11(12)16(23-24)18(26)22-21-15-13-9-10(28-2)7-8-14(13)20-17(15)25/h3-9,20,25H,1-2H3. The summed E-state index contributed by atoms with van der Waals surface area (Å²) in [6.07, 6.45) is 0. The van der Waals surface area contributed by atoms with Crippen LogP contribution in [0.25, 0.3) is 21.7 Å². The summed E-state index contributed by atoms with van der Waals surface area (Å²) >= 11 is 0. The van der Waals surface area contributed by atoms with Crippen LogP contribution < -0.4 is 10.3 Å². The van der Waals surface area contributed by atoms with Gasteiger partial charge in [-0.15, -0.1) is 10.2 Å². The van der Waals surface area contributed by atoms with Crippen LogP contribution in [0.15, 0.2) is 57.5 Å². The zero-order valence-electron chi connectivity index (χ0n) is 15.0. The van der Waals surface area contributed by atoms with E-state index < -0.39 is 5.91 Å². The Kier molecular flexibility index (Phi) is 4.11. The molecule has 1 amide bonds. The number of carbonyl (C=O) groups excluding carboxylic acids is 1. The number of carbonyl (C=O) groups is 1. The Balaban J connectivity index is 1.80. The molecule has 0 atom stereocenters. The molecule has 2 aromatic heterocycles. The topological polar surface area (TPSA) is 122 Å². The first-order chi connectivity index (χ1) is 13.5. The summed E-state index contributed by atoms with van der Waals surface area (Å²) in [4.78, 5) is 27.6. The zero-order valence-corrected chi connectivity index (χ0v) is 15.0. The average Bonchev–Trinajstić information content (AvgIpc) is 3.03. The number of amides is 1. The second-order valence-corrected chi connectivity index (χ2v) is 6.06. The number of aromatic nitrogens is 3. The predicted octanol–water partition coefficient (Wildman–Crippen LogP) is 3.05. The van der Waals surface area contributed by atoms with E-state index in [2.05, 4.69) is 20.3 Å². The average molecular weight is 377 g/mol. The lowest BCUT2D eigenvalue weighted by Crippen LogP contribution is -2.22. The molecule has 0 aliphatic carbocycles. The molecule has 4 aromatic rings. The van der Waals surface area contributed by atoms with Crippen LogP contribution >= 0.6 is 0 Å². The number of nitrogens with zero attached hydrogens (tertiary/aromatic N) is 4. The molecule has 0 saturated carbocycles. The zero-order chi connectivity index (χ0) is 19.8. The van der Waals surface area contributed by atoms with Crippen LogP contribution in [0.4, 0.5) is 5.69 Å². The van der Waals surface area contributed by atoms with E-state index in [1.807, 2.05) is 0 Å². The maximum absolute atomic E-state index is 12.6. The first kappa shape index (κ1) is 17.4. The van der Waals surface area contributed by atoms with E-state index in [1.165, 1.54) is 14.2 Å². The molecule has 4 rings (SSSR count).